The maximum absolute atomic E-state index is 5.79. The van der Waals surface area contributed by atoms with Crippen LogP contribution in [0.3, 0.4) is 0 Å². The van der Waals surface area contributed by atoms with Gasteiger partial charge in [0.2, 0.25) is 0 Å². The summed E-state index contributed by atoms with van der Waals surface area (Å²) < 4.78 is 2.61. The average Bonchev–Trinajstić information content (AvgIpc) is 2.46. The van der Waals surface area contributed by atoms with Crippen molar-refractivity contribution in [1.82, 2.24) is 14.4 Å². The van der Waals surface area contributed by atoms with Gasteiger partial charge in [0.1, 0.15) is 4.60 Å². The summed E-state index contributed by atoms with van der Waals surface area (Å²) in [7, 11) is 0. The number of hydrogen-bond acceptors (Lipinski definition) is 3. The molecular weight excluding hydrogens is 256 g/mol. The van der Waals surface area contributed by atoms with Crippen molar-refractivity contribution in [3.63, 3.8) is 0 Å². The third kappa shape index (κ3) is 1.84. The third-order valence-electron chi connectivity index (χ3n) is 2.20. The summed E-state index contributed by atoms with van der Waals surface area (Å²) in [6.45, 7) is 6.36. The highest BCUT2D eigenvalue weighted by Crippen LogP contribution is 2.23. The lowest BCUT2D eigenvalue weighted by molar-refractivity contribution is 0.573. The zero-order valence-electron chi connectivity index (χ0n) is 8.95. The Hall–Kier alpha value is -1.10. The van der Waals surface area contributed by atoms with Crippen molar-refractivity contribution in [2.45, 2.75) is 26.2 Å². The molecule has 0 unspecified atom stereocenters. The van der Waals surface area contributed by atoms with Gasteiger partial charge in [-0.3, -0.25) is 0 Å². The van der Waals surface area contributed by atoms with Gasteiger partial charge in [0.05, 0.1) is 5.69 Å². The Morgan fingerprint density at radius 2 is 1.93 bits per heavy atom. The maximum Gasteiger partial charge on any atom is 0.180 e. The standard InChI is InChI=1S/C10H13BrN4/c1-10(2,3)6-4-15-5-7(11)14-8(12)9(15)13-6/h4-5H,1-3H3,(H2,12,14). The van der Waals surface area contributed by atoms with E-state index in [4.69, 9.17) is 5.73 Å². The monoisotopic (exact) mass is 268 g/mol. The second-order valence-electron chi connectivity index (χ2n) is 4.56. The number of nitrogens with two attached hydrogens (primary N) is 1. The number of aromatic nitrogens is 3. The van der Waals surface area contributed by atoms with E-state index in [9.17, 15) is 0 Å². The molecule has 80 valence electrons. The predicted octanol–water partition coefficient (Wildman–Crippen LogP) is 2.37. The Balaban J connectivity index is 2.71. The zero-order chi connectivity index (χ0) is 11.2. The Bertz CT molecular complexity index is 510. The molecule has 0 aliphatic heterocycles. The van der Waals surface area contributed by atoms with Crippen LogP contribution in [0.5, 0.6) is 0 Å². The SMILES string of the molecule is CC(C)(C)c1cn2cc(Br)nc(N)c2n1. The predicted molar refractivity (Wildman–Crippen MR) is 63.8 cm³/mol. The van der Waals surface area contributed by atoms with E-state index in [2.05, 4.69) is 46.7 Å². The molecule has 2 heterocycles. The molecule has 2 N–H and O–H groups in total. The van der Waals surface area contributed by atoms with E-state index in [1.54, 1.807) is 0 Å². The molecular formula is C10H13BrN4. The van der Waals surface area contributed by atoms with Gasteiger partial charge in [-0.1, -0.05) is 20.8 Å². The van der Waals surface area contributed by atoms with Crippen molar-refractivity contribution < 1.29 is 0 Å². The third-order valence-corrected chi connectivity index (χ3v) is 2.58. The summed E-state index contributed by atoms with van der Waals surface area (Å²) in [5.74, 6) is 0.444. The molecule has 2 rings (SSSR count). The Morgan fingerprint density at radius 1 is 1.27 bits per heavy atom. The van der Waals surface area contributed by atoms with Crippen LogP contribution in [0.25, 0.3) is 5.65 Å². The smallest absolute Gasteiger partial charge is 0.180 e. The molecule has 0 amide bonds. The number of imidazole rings is 1. The summed E-state index contributed by atoms with van der Waals surface area (Å²) in [6, 6.07) is 0. The van der Waals surface area contributed by atoms with Crippen molar-refractivity contribution in [2.24, 2.45) is 0 Å². The van der Waals surface area contributed by atoms with E-state index in [1.807, 2.05) is 16.8 Å². The molecule has 0 saturated carbocycles. The minimum atomic E-state index is 0.0188. The quantitative estimate of drug-likeness (QED) is 0.798. The van der Waals surface area contributed by atoms with Crippen LogP contribution in [0.4, 0.5) is 5.82 Å². The first kappa shape index (κ1) is 10.4. The lowest BCUT2D eigenvalue weighted by Crippen LogP contribution is -2.11. The van der Waals surface area contributed by atoms with Crippen molar-refractivity contribution in [1.29, 1.82) is 0 Å². The molecule has 0 aliphatic carbocycles. The molecule has 4 nitrogen and oxygen atoms in total. The number of fused-ring (bicyclic) bond motifs is 1. The van der Waals surface area contributed by atoms with Crippen LogP contribution in [-0.2, 0) is 5.41 Å². The second-order valence-corrected chi connectivity index (χ2v) is 5.37. The van der Waals surface area contributed by atoms with E-state index >= 15 is 0 Å². The minimum Gasteiger partial charge on any atom is -0.381 e. The van der Waals surface area contributed by atoms with Gasteiger partial charge in [-0.25, -0.2) is 9.97 Å². The van der Waals surface area contributed by atoms with E-state index in [-0.39, 0.29) is 5.41 Å². The molecule has 5 heteroatoms. The molecule has 0 radical (unpaired) electrons. The molecule has 2 aromatic rings. The number of nitrogens with zero attached hydrogens (tertiary/aromatic N) is 3. The maximum atomic E-state index is 5.79. The highest BCUT2D eigenvalue weighted by atomic mass is 79.9. The van der Waals surface area contributed by atoms with E-state index < -0.39 is 0 Å². The molecule has 0 saturated heterocycles. The van der Waals surface area contributed by atoms with Crippen LogP contribution < -0.4 is 5.73 Å². The fourth-order valence-electron chi connectivity index (χ4n) is 1.35. The summed E-state index contributed by atoms with van der Waals surface area (Å²) in [4.78, 5) is 8.59. The number of nitrogen functional groups attached to an aromatic ring is 1. The molecule has 2 aromatic heterocycles. The van der Waals surface area contributed by atoms with Crippen molar-refractivity contribution in [3.05, 3.63) is 22.7 Å². The van der Waals surface area contributed by atoms with Gasteiger partial charge >= 0.3 is 0 Å². The van der Waals surface area contributed by atoms with Crippen LogP contribution in [0, 0.1) is 0 Å². The lowest BCUT2D eigenvalue weighted by atomic mass is 9.93. The summed E-state index contributed by atoms with van der Waals surface area (Å²) in [5, 5.41) is 0. The summed E-state index contributed by atoms with van der Waals surface area (Å²) >= 11 is 3.30. The van der Waals surface area contributed by atoms with Gasteiger partial charge in [-0.2, -0.15) is 0 Å². The fraction of sp³-hybridized carbons (Fsp3) is 0.400. The molecule has 0 aromatic carbocycles. The Morgan fingerprint density at radius 3 is 2.53 bits per heavy atom. The van der Waals surface area contributed by atoms with E-state index in [1.165, 1.54) is 0 Å². The molecule has 0 aliphatic rings. The summed E-state index contributed by atoms with van der Waals surface area (Å²) in [6.07, 6.45) is 3.84. The van der Waals surface area contributed by atoms with E-state index in [0.717, 1.165) is 5.69 Å². The Labute approximate surface area is 96.7 Å². The van der Waals surface area contributed by atoms with Crippen molar-refractivity contribution in [3.8, 4) is 0 Å². The van der Waals surface area contributed by atoms with E-state index in [0.29, 0.717) is 16.1 Å². The minimum absolute atomic E-state index is 0.0188. The number of anilines is 1. The van der Waals surface area contributed by atoms with Crippen LogP contribution in [0.2, 0.25) is 0 Å². The molecule has 0 bridgehead atoms. The first-order valence-corrected chi connectivity index (χ1v) is 5.48. The van der Waals surface area contributed by atoms with Crippen molar-refractivity contribution in [2.75, 3.05) is 5.73 Å². The first-order chi connectivity index (χ1) is 6.88. The largest absolute Gasteiger partial charge is 0.381 e. The zero-order valence-corrected chi connectivity index (χ0v) is 10.5. The highest BCUT2D eigenvalue weighted by Gasteiger charge is 2.18. The number of rotatable bonds is 0. The normalized spacial score (nSPS) is 12.3. The van der Waals surface area contributed by atoms with Gasteiger partial charge < -0.3 is 10.1 Å². The number of hydrogen-bond donors (Lipinski definition) is 1. The molecule has 0 fully saturated rings. The highest BCUT2D eigenvalue weighted by molar-refractivity contribution is 9.10. The first-order valence-electron chi connectivity index (χ1n) is 4.69. The van der Waals surface area contributed by atoms with Gasteiger partial charge in [0, 0.05) is 17.8 Å². The van der Waals surface area contributed by atoms with Gasteiger partial charge in [0.25, 0.3) is 0 Å². The molecule has 0 atom stereocenters. The number of halogens is 1. The van der Waals surface area contributed by atoms with Crippen LogP contribution in [0.1, 0.15) is 26.5 Å². The van der Waals surface area contributed by atoms with Crippen molar-refractivity contribution >= 4 is 27.4 Å². The molecule has 15 heavy (non-hydrogen) atoms. The lowest BCUT2D eigenvalue weighted by Gasteiger charge is -2.13. The van der Waals surface area contributed by atoms with Crippen LogP contribution in [0.15, 0.2) is 17.0 Å². The topological polar surface area (TPSA) is 56.2 Å². The average molecular weight is 269 g/mol. The summed E-state index contributed by atoms with van der Waals surface area (Å²) in [5.41, 5.74) is 7.53. The van der Waals surface area contributed by atoms with Gasteiger partial charge in [-0.05, 0) is 15.9 Å². The van der Waals surface area contributed by atoms with Gasteiger partial charge in [-0.15, -0.1) is 0 Å². The Kier molecular flexibility index (Phi) is 2.22. The fourth-order valence-corrected chi connectivity index (χ4v) is 1.76. The van der Waals surface area contributed by atoms with Crippen LogP contribution >= 0.6 is 15.9 Å². The molecule has 0 spiro atoms. The van der Waals surface area contributed by atoms with Gasteiger partial charge in [0.15, 0.2) is 11.5 Å². The second kappa shape index (κ2) is 3.20. The van der Waals surface area contributed by atoms with Crippen LogP contribution in [-0.4, -0.2) is 14.4 Å².